The Bertz CT molecular complexity index is 202. The molecule has 0 radical (unpaired) electrons. The van der Waals surface area contributed by atoms with E-state index in [4.69, 9.17) is 4.74 Å². The lowest BCUT2D eigenvalue weighted by molar-refractivity contribution is -0.122. The van der Waals surface area contributed by atoms with Gasteiger partial charge in [0.25, 0.3) is 0 Å². The lowest BCUT2D eigenvalue weighted by atomic mass is 10.3. The fourth-order valence-electron chi connectivity index (χ4n) is 1.53. The van der Waals surface area contributed by atoms with Gasteiger partial charge in [0.15, 0.2) is 0 Å². The van der Waals surface area contributed by atoms with Gasteiger partial charge < -0.3 is 20.3 Å². The normalized spacial score (nSPS) is 26.9. The summed E-state index contributed by atoms with van der Waals surface area (Å²) >= 11 is 0. The highest BCUT2D eigenvalue weighted by atomic mass is 16.5. The minimum atomic E-state index is -0.739. The van der Waals surface area contributed by atoms with E-state index < -0.39 is 12.2 Å². The molecular weight excluding hydrogens is 200 g/mol. The molecular formula is C9H18N2O4. The molecule has 2 unspecified atom stereocenters. The van der Waals surface area contributed by atoms with Crippen molar-refractivity contribution in [3.05, 3.63) is 0 Å². The van der Waals surface area contributed by atoms with Crippen LogP contribution in [0.3, 0.4) is 0 Å². The Morgan fingerprint density at radius 2 is 2.07 bits per heavy atom. The van der Waals surface area contributed by atoms with Gasteiger partial charge in [-0.1, -0.05) is 0 Å². The maximum absolute atomic E-state index is 11.3. The molecule has 6 heteroatoms. The van der Waals surface area contributed by atoms with Crippen molar-refractivity contribution in [3.8, 4) is 0 Å². The Kier molecular flexibility index (Phi) is 4.97. The smallest absolute Gasteiger partial charge is 0.234 e. The topological polar surface area (TPSA) is 82.0 Å². The minimum Gasteiger partial charge on any atom is -0.389 e. The van der Waals surface area contributed by atoms with Crippen molar-refractivity contribution in [2.24, 2.45) is 0 Å². The van der Waals surface area contributed by atoms with Crippen molar-refractivity contribution in [2.75, 3.05) is 39.9 Å². The highest BCUT2D eigenvalue weighted by Crippen LogP contribution is 2.08. The second-order valence-corrected chi connectivity index (χ2v) is 3.67. The van der Waals surface area contributed by atoms with E-state index in [1.54, 1.807) is 12.0 Å². The fraction of sp³-hybridized carbons (Fsp3) is 0.889. The van der Waals surface area contributed by atoms with Gasteiger partial charge in [0, 0.05) is 26.7 Å². The van der Waals surface area contributed by atoms with Crippen LogP contribution in [0.1, 0.15) is 0 Å². The van der Waals surface area contributed by atoms with Crippen molar-refractivity contribution >= 4 is 5.91 Å². The number of methoxy groups -OCH3 is 1. The standard InChI is InChI=1S/C9H18N2O4/c1-15-3-2-10-9(14)6-11-4-7(12)8(13)5-11/h7-8,12-13H,2-6H2,1H3,(H,10,14). The molecule has 1 amide bonds. The monoisotopic (exact) mass is 218 g/mol. The van der Waals surface area contributed by atoms with E-state index in [1.165, 1.54) is 0 Å². The summed E-state index contributed by atoms with van der Waals surface area (Å²) in [4.78, 5) is 13.0. The number of hydrogen-bond donors (Lipinski definition) is 3. The van der Waals surface area contributed by atoms with Crippen LogP contribution in [-0.4, -0.2) is 73.1 Å². The van der Waals surface area contributed by atoms with E-state index >= 15 is 0 Å². The Morgan fingerprint density at radius 3 is 2.60 bits per heavy atom. The molecule has 15 heavy (non-hydrogen) atoms. The van der Waals surface area contributed by atoms with Crippen LogP contribution >= 0.6 is 0 Å². The maximum atomic E-state index is 11.3. The van der Waals surface area contributed by atoms with Gasteiger partial charge in [-0.05, 0) is 0 Å². The number of ether oxygens (including phenoxy) is 1. The summed E-state index contributed by atoms with van der Waals surface area (Å²) in [5.74, 6) is -0.117. The molecule has 2 atom stereocenters. The first-order valence-electron chi connectivity index (χ1n) is 4.97. The Labute approximate surface area is 88.8 Å². The quantitative estimate of drug-likeness (QED) is 0.456. The number of hydrogen-bond acceptors (Lipinski definition) is 5. The molecule has 0 aliphatic carbocycles. The zero-order valence-electron chi connectivity index (χ0n) is 8.85. The van der Waals surface area contributed by atoms with Crippen LogP contribution in [0, 0.1) is 0 Å². The summed E-state index contributed by atoms with van der Waals surface area (Å²) in [5, 5.41) is 21.2. The van der Waals surface area contributed by atoms with Crippen LogP contribution in [0.4, 0.5) is 0 Å². The first kappa shape index (κ1) is 12.4. The van der Waals surface area contributed by atoms with Crippen LogP contribution in [0.2, 0.25) is 0 Å². The van der Waals surface area contributed by atoms with Crippen molar-refractivity contribution in [1.82, 2.24) is 10.2 Å². The average Bonchev–Trinajstić information content (AvgIpc) is 2.46. The van der Waals surface area contributed by atoms with Crippen LogP contribution in [0.25, 0.3) is 0 Å². The number of nitrogens with zero attached hydrogens (tertiary/aromatic N) is 1. The minimum absolute atomic E-state index is 0.117. The summed E-state index contributed by atoms with van der Waals surface area (Å²) in [5.41, 5.74) is 0. The number of amides is 1. The summed E-state index contributed by atoms with van der Waals surface area (Å²) in [6.45, 7) is 1.86. The van der Waals surface area contributed by atoms with E-state index in [1.807, 2.05) is 0 Å². The zero-order chi connectivity index (χ0) is 11.3. The van der Waals surface area contributed by atoms with Crippen LogP contribution in [-0.2, 0) is 9.53 Å². The van der Waals surface area contributed by atoms with Gasteiger partial charge in [0.05, 0.1) is 25.4 Å². The second kappa shape index (κ2) is 6.02. The molecule has 0 bridgehead atoms. The van der Waals surface area contributed by atoms with E-state index in [9.17, 15) is 15.0 Å². The molecule has 0 aromatic carbocycles. The molecule has 1 aliphatic rings. The van der Waals surface area contributed by atoms with Crippen LogP contribution < -0.4 is 5.32 Å². The molecule has 0 saturated carbocycles. The first-order chi connectivity index (χ1) is 7.13. The summed E-state index contributed by atoms with van der Waals surface area (Å²) in [7, 11) is 1.57. The molecule has 0 spiro atoms. The van der Waals surface area contributed by atoms with Crippen molar-refractivity contribution in [3.63, 3.8) is 0 Å². The molecule has 1 aliphatic heterocycles. The van der Waals surface area contributed by atoms with Gasteiger partial charge in [-0.25, -0.2) is 0 Å². The number of carbonyl (C=O) groups excluding carboxylic acids is 1. The maximum Gasteiger partial charge on any atom is 0.234 e. The van der Waals surface area contributed by atoms with Gasteiger partial charge in [-0.2, -0.15) is 0 Å². The van der Waals surface area contributed by atoms with Gasteiger partial charge in [-0.3, -0.25) is 9.69 Å². The Hall–Kier alpha value is -0.690. The van der Waals surface area contributed by atoms with Crippen molar-refractivity contribution < 1.29 is 19.7 Å². The van der Waals surface area contributed by atoms with Gasteiger partial charge in [0.1, 0.15) is 0 Å². The number of aliphatic hydroxyl groups excluding tert-OH is 2. The predicted molar refractivity (Wildman–Crippen MR) is 53.3 cm³/mol. The molecule has 88 valence electrons. The molecule has 1 fully saturated rings. The lowest BCUT2D eigenvalue weighted by Crippen LogP contribution is -2.37. The van der Waals surface area contributed by atoms with E-state index in [2.05, 4.69) is 5.32 Å². The molecule has 1 saturated heterocycles. The SMILES string of the molecule is COCCNC(=O)CN1CC(O)C(O)C1. The summed E-state index contributed by atoms with van der Waals surface area (Å²) < 4.78 is 4.79. The molecule has 0 aromatic rings. The van der Waals surface area contributed by atoms with E-state index in [0.717, 1.165) is 0 Å². The Balaban J connectivity index is 2.16. The molecule has 1 rings (SSSR count). The fourth-order valence-corrected chi connectivity index (χ4v) is 1.53. The van der Waals surface area contributed by atoms with Crippen molar-refractivity contribution in [2.45, 2.75) is 12.2 Å². The number of nitrogens with one attached hydrogen (secondary N) is 1. The van der Waals surface area contributed by atoms with Crippen molar-refractivity contribution in [1.29, 1.82) is 0 Å². The summed E-state index contributed by atoms with van der Waals surface area (Å²) in [6, 6.07) is 0. The number of β-amino-alcohol motifs (C(OH)–C–C–N with tert-alkyl or cyclic N) is 2. The number of likely N-dealkylation sites (tertiary alicyclic amines) is 1. The molecule has 0 aromatic heterocycles. The summed E-state index contributed by atoms with van der Waals surface area (Å²) in [6.07, 6.45) is -1.48. The number of rotatable bonds is 5. The van der Waals surface area contributed by atoms with E-state index in [-0.39, 0.29) is 12.5 Å². The lowest BCUT2D eigenvalue weighted by Gasteiger charge is -2.13. The van der Waals surface area contributed by atoms with Crippen LogP contribution in [0.5, 0.6) is 0 Å². The van der Waals surface area contributed by atoms with Gasteiger partial charge >= 0.3 is 0 Å². The molecule has 3 N–H and O–H groups in total. The molecule has 1 heterocycles. The third kappa shape index (κ3) is 4.13. The van der Waals surface area contributed by atoms with Crippen LogP contribution in [0.15, 0.2) is 0 Å². The highest BCUT2D eigenvalue weighted by molar-refractivity contribution is 5.78. The average molecular weight is 218 g/mol. The third-order valence-electron chi connectivity index (χ3n) is 2.33. The predicted octanol–water partition coefficient (Wildman–Crippen LogP) is -2.21. The second-order valence-electron chi connectivity index (χ2n) is 3.67. The number of aliphatic hydroxyl groups is 2. The van der Waals surface area contributed by atoms with Gasteiger partial charge in [-0.15, -0.1) is 0 Å². The first-order valence-corrected chi connectivity index (χ1v) is 4.97. The largest absolute Gasteiger partial charge is 0.389 e. The Morgan fingerprint density at radius 1 is 1.47 bits per heavy atom. The zero-order valence-corrected chi connectivity index (χ0v) is 8.85. The van der Waals surface area contributed by atoms with Gasteiger partial charge in [0.2, 0.25) is 5.91 Å². The number of carbonyl (C=O) groups is 1. The highest BCUT2D eigenvalue weighted by Gasteiger charge is 2.30. The third-order valence-corrected chi connectivity index (χ3v) is 2.33. The molecule has 6 nitrogen and oxygen atoms in total. The van der Waals surface area contributed by atoms with E-state index in [0.29, 0.717) is 26.2 Å².